The third kappa shape index (κ3) is 5.37. The second-order valence-corrected chi connectivity index (χ2v) is 5.40. The number of halogens is 1. The zero-order chi connectivity index (χ0) is 16.7. The molecule has 2 atom stereocenters. The fourth-order valence-corrected chi connectivity index (χ4v) is 1.99. The van der Waals surface area contributed by atoms with Crippen molar-refractivity contribution in [1.29, 1.82) is 0 Å². The number of carboxylic acid groups (broad SMARTS) is 1. The summed E-state index contributed by atoms with van der Waals surface area (Å²) in [4.78, 5) is 34.7. The Morgan fingerprint density at radius 3 is 2.55 bits per heavy atom. The Kier molecular flexibility index (Phi) is 6.85. The fourth-order valence-electron chi connectivity index (χ4n) is 1.80. The first-order chi connectivity index (χ1) is 10.3. The highest BCUT2D eigenvalue weighted by atomic mass is 35.5. The largest absolute Gasteiger partial charge is 0.480 e. The van der Waals surface area contributed by atoms with Crippen LogP contribution in [0.15, 0.2) is 24.3 Å². The van der Waals surface area contributed by atoms with Gasteiger partial charge in [0.25, 0.3) is 5.91 Å². The first-order valence-corrected chi connectivity index (χ1v) is 7.28. The van der Waals surface area contributed by atoms with Gasteiger partial charge in [-0.1, -0.05) is 37.9 Å². The van der Waals surface area contributed by atoms with Gasteiger partial charge in [0, 0.05) is 10.6 Å². The van der Waals surface area contributed by atoms with Gasteiger partial charge in [-0.2, -0.15) is 0 Å². The summed E-state index contributed by atoms with van der Waals surface area (Å²) in [6, 6.07) is 5.34. The molecule has 0 bridgehead atoms. The van der Waals surface area contributed by atoms with Gasteiger partial charge in [-0.25, -0.2) is 4.79 Å². The Hall–Kier alpha value is -2.08. The Balaban J connectivity index is 2.55. The van der Waals surface area contributed by atoms with Gasteiger partial charge in [0.05, 0.1) is 6.54 Å². The molecule has 120 valence electrons. The molecule has 0 radical (unpaired) electrons. The van der Waals surface area contributed by atoms with Crippen LogP contribution in [-0.4, -0.2) is 35.5 Å². The van der Waals surface area contributed by atoms with Gasteiger partial charge >= 0.3 is 5.97 Å². The number of rotatable bonds is 7. The fraction of sp³-hybridized carbons (Fsp3) is 0.400. The third-order valence-corrected chi connectivity index (χ3v) is 3.53. The maximum Gasteiger partial charge on any atom is 0.326 e. The van der Waals surface area contributed by atoms with Crippen molar-refractivity contribution in [3.05, 3.63) is 34.9 Å². The molecule has 0 spiro atoms. The zero-order valence-electron chi connectivity index (χ0n) is 12.4. The van der Waals surface area contributed by atoms with Crippen LogP contribution in [0.3, 0.4) is 0 Å². The van der Waals surface area contributed by atoms with Crippen LogP contribution in [0, 0.1) is 5.92 Å². The highest BCUT2D eigenvalue weighted by Crippen LogP contribution is 2.10. The molecule has 0 fully saturated rings. The number of amides is 2. The number of carboxylic acids is 1. The summed E-state index contributed by atoms with van der Waals surface area (Å²) in [5.41, 5.74) is 0.331. The van der Waals surface area contributed by atoms with Crippen molar-refractivity contribution in [2.45, 2.75) is 26.3 Å². The lowest BCUT2D eigenvalue weighted by Gasteiger charge is -2.20. The molecule has 3 N–H and O–H groups in total. The lowest BCUT2D eigenvalue weighted by Crippen LogP contribution is -2.48. The normalized spacial score (nSPS) is 13.0. The van der Waals surface area contributed by atoms with E-state index in [1.54, 1.807) is 25.1 Å². The van der Waals surface area contributed by atoms with Crippen LogP contribution >= 0.6 is 11.6 Å². The summed E-state index contributed by atoms with van der Waals surface area (Å²) in [6.07, 6.45) is 0.617. The van der Waals surface area contributed by atoms with Crippen LogP contribution in [-0.2, 0) is 9.59 Å². The van der Waals surface area contributed by atoms with E-state index in [1.165, 1.54) is 6.07 Å². The smallest absolute Gasteiger partial charge is 0.326 e. The Morgan fingerprint density at radius 1 is 1.32 bits per heavy atom. The van der Waals surface area contributed by atoms with Crippen LogP contribution < -0.4 is 10.6 Å². The Bertz CT molecular complexity index is 562. The number of hydrogen-bond acceptors (Lipinski definition) is 3. The number of hydrogen-bond donors (Lipinski definition) is 3. The van der Waals surface area contributed by atoms with E-state index in [4.69, 9.17) is 16.7 Å². The minimum absolute atomic E-state index is 0.204. The second-order valence-electron chi connectivity index (χ2n) is 4.96. The average Bonchev–Trinajstić information content (AvgIpc) is 2.49. The molecule has 0 saturated carbocycles. The van der Waals surface area contributed by atoms with Crippen molar-refractivity contribution >= 4 is 29.4 Å². The topological polar surface area (TPSA) is 95.5 Å². The van der Waals surface area contributed by atoms with Gasteiger partial charge in [-0.15, -0.1) is 0 Å². The molecule has 7 heteroatoms. The van der Waals surface area contributed by atoms with Crippen LogP contribution in [0.2, 0.25) is 5.02 Å². The summed E-state index contributed by atoms with van der Waals surface area (Å²) in [7, 11) is 0. The number of carbonyl (C=O) groups excluding carboxylic acids is 2. The monoisotopic (exact) mass is 326 g/mol. The highest BCUT2D eigenvalue weighted by molar-refractivity contribution is 6.30. The van der Waals surface area contributed by atoms with E-state index in [-0.39, 0.29) is 12.5 Å². The molecule has 6 nitrogen and oxygen atoms in total. The van der Waals surface area contributed by atoms with Crippen molar-refractivity contribution < 1.29 is 19.5 Å². The molecule has 1 aromatic carbocycles. The molecule has 1 rings (SSSR count). The third-order valence-electron chi connectivity index (χ3n) is 3.29. The molecule has 0 unspecified atom stereocenters. The zero-order valence-corrected chi connectivity index (χ0v) is 13.2. The molecule has 0 aliphatic heterocycles. The molecule has 0 aliphatic rings. The standard InChI is InChI=1S/C15H19ClN2O4/c1-3-9(2)13(15(21)22)18-12(19)8-17-14(20)10-5-4-6-11(16)7-10/h4-7,9,13H,3,8H2,1-2H3,(H,17,20)(H,18,19)(H,21,22)/t9-,13-/m0/s1. The minimum Gasteiger partial charge on any atom is -0.480 e. The molecular formula is C15H19ClN2O4. The van der Waals surface area contributed by atoms with Gasteiger partial charge in [0.1, 0.15) is 6.04 Å². The Morgan fingerprint density at radius 2 is 2.00 bits per heavy atom. The van der Waals surface area contributed by atoms with E-state index >= 15 is 0 Å². The summed E-state index contributed by atoms with van der Waals surface area (Å²) in [5, 5.41) is 14.3. The van der Waals surface area contributed by atoms with Gasteiger partial charge in [-0.3, -0.25) is 9.59 Å². The predicted molar refractivity (Wildman–Crippen MR) is 82.8 cm³/mol. The molecular weight excluding hydrogens is 308 g/mol. The maximum absolute atomic E-state index is 11.8. The molecule has 0 aliphatic carbocycles. The van der Waals surface area contributed by atoms with E-state index in [1.807, 2.05) is 6.92 Å². The van der Waals surface area contributed by atoms with E-state index in [2.05, 4.69) is 10.6 Å². The maximum atomic E-state index is 11.8. The van der Waals surface area contributed by atoms with Crippen LogP contribution in [0.5, 0.6) is 0 Å². The van der Waals surface area contributed by atoms with E-state index in [0.717, 1.165) is 0 Å². The molecule has 0 aromatic heterocycles. The Labute approximate surface area is 133 Å². The first kappa shape index (κ1) is 18.0. The van der Waals surface area contributed by atoms with Gasteiger partial charge < -0.3 is 15.7 Å². The summed E-state index contributed by atoms with van der Waals surface area (Å²) >= 11 is 5.78. The van der Waals surface area contributed by atoms with Crippen molar-refractivity contribution in [2.75, 3.05) is 6.54 Å². The van der Waals surface area contributed by atoms with Crippen molar-refractivity contribution in [1.82, 2.24) is 10.6 Å². The lowest BCUT2D eigenvalue weighted by atomic mass is 9.99. The quantitative estimate of drug-likeness (QED) is 0.710. The SMILES string of the molecule is CC[C@H](C)[C@H](NC(=O)CNC(=O)c1cccc(Cl)c1)C(=O)O. The molecule has 0 saturated heterocycles. The van der Waals surface area contributed by atoms with Gasteiger partial charge in [-0.05, 0) is 24.1 Å². The van der Waals surface area contributed by atoms with E-state index in [0.29, 0.717) is 17.0 Å². The summed E-state index contributed by atoms with van der Waals surface area (Å²) in [5.74, 6) is -2.30. The second kappa shape index (κ2) is 8.38. The van der Waals surface area contributed by atoms with E-state index < -0.39 is 23.8 Å². The number of aliphatic carboxylic acids is 1. The van der Waals surface area contributed by atoms with E-state index in [9.17, 15) is 14.4 Å². The number of carbonyl (C=O) groups is 3. The van der Waals surface area contributed by atoms with Crippen LogP contribution in [0.4, 0.5) is 0 Å². The van der Waals surface area contributed by atoms with Gasteiger partial charge in [0.2, 0.25) is 5.91 Å². The van der Waals surface area contributed by atoms with Crippen LogP contribution in [0.1, 0.15) is 30.6 Å². The number of nitrogens with one attached hydrogen (secondary N) is 2. The molecule has 2 amide bonds. The van der Waals surface area contributed by atoms with Gasteiger partial charge in [0.15, 0.2) is 0 Å². The summed E-state index contributed by atoms with van der Waals surface area (Å²) in [6.45, 7) is 3.28. The molecule has 0 heterocycles. The van der Waals surface area contributed by atoms with Crippen molar-refractivity contribution in [3.63, 3.8) is 0 Å². The summed E-state index contributed by atoms with van der Waals surface area (Å²) < 4.78 is 0. The van der Waals surface area contributed by atoms with Crippen molar-refractivity contribution in [2.24, 2.45) is 5.92 Å². The van der Waals surface area contributed by atoms with Crippen molar-refractivity contribution in [3.8, 4) is 0 Å². The molecule has 22 heavy (non-hydrogen) atoms. The molecule has 1 aromatic rings. The highest BCUT2D eigenvalue weighted by Gasteiger charge is 2.25. The lowest BCUT2D eigenvalue weighted by molar-refractivity contribution is -0.143. The number of benzene rings is 1. The van der Waals surface area contributed by atoms with Crippen LogP contribution in [0.25, 0.3) is 0 Å². The first-order valence-electron chi connectivity index (χ1n) is 6.91. The predicted octanol–water partition coefficient (Wildman–Crippen LogP) is 1.69. The average molecular weight is 327 g/mol. The minimum atomic E-state index is -1.09.